The van der Waals surface area contributed by atoms with E-state index in [1.165, 1.54) is 11.8 Å². The highest BCUT2D eigenvalue weighted by atomic mass is 35.5. The molecule has 0 bridgehead atoms. The van der Waals surface area contributed by atoms with Crippen molar-refractivity contribution in [1.82, 2.24) is 0 Å². The lowest BCUT2D eigenvalue weighted by Gasteiger charge is -2.23. The van der Waals surface area contributed by atoms with Gasteiger partial charge < -0.3 is 5.11 Å². The van der Waals surface area contributed by atoms with E-state index in [4.69, 9.17) is 23.2 Å². The molecule has 2 aromatic carbocycles. The zero-order chi connectivity index (χ0) is 16.4. The van der Waals surface area contributed by atoms with E-state index in [1.54, 1.807) is 18.2 Å². The maximum atomic E-state index is 12.4. The summed E-state index contributed by atoms with van der Waals surface area (Å²) in [5.41, 5.74) is 1.07. The summed E-state index contributed by atoms with van der Waals surface area (Å²) in [6.45, 7) is 0. The van der Waals surface area contributed by atoms with Crippen molar-refractivity contribution in [3.8, 4) is 0 Å². The van der Waals surface area contributed by atoms with E-state index >= 15 is 0 Å². The van der Waals surface area contributed by atoms with Crippen LogP contribution in [0.2, 0.25) is 10.0 Å². The Morgan fingerprint density at radius 3 is 2.39 bits per heavy atom. The molecule has 5 heteroatoms. The SMILES string of the molecule is O=C1CC(c2ccccc2)CC(O)=C1Sc1ccc(Cl)c(Cl)c1. The molecule has 1 N–H and O–H groups in total. The minimum absolute atomic E-state index is 0.0295. The molecule has 2 aromatic rings. The Hall–Kier alpha value is -1.42. The molecule has 2 nitrogen and oxygen atoms in total. The van der Waals surface area contributed by atoms with Gasteiger partial charge in [0.25, 0.3) is 0 Å². The summed E-state index contributed by atoms with van der Waals surface area (Å²) in [6.07, 6.45) is 0.872. The highest BCUT2D eigenvalue weighted by Gasteiger charge is 2.29. The van der Waals surface area contributed by atoms with Crippen molar-refractivity contribution in [2.45, 2.75) is 23.7 Å². The fourth-order valence-electron chi connectivity index (χ4n) is 2.61. The molecule has 0 heterocycles. The fourth-order valence-corrected chi connectivity index (χ4v) is 3.92. The van der Waals surface area contributed by atoms with Crippen LogP contribution in [-0.2, 0) is 4.79 Å². The van der Waals surface area contributed by atoms with Crippen molar-refractivity contribution in [1.29, 1.82) is 0 Å². The van der Waals surface area contributed by atoms with Gasteiger partial charge >= 0.3 is 0 Å². The molecule has 1 aliphatic carbocycles. The van der Waals surface area contributed by atoms with E-state index in [0.29, 0.717) is 27.8 Å². The van der Waals surface area contributed by atoms with Gasteiger partial charge in [-0.05, 0) is 29.7 Å². The van der Waals surface area contributed by atoms with Gasteiger partial charge in [0.1, 0.15) is 5.76 Å². The number of Topliss-reactive ketones (excluding diaryl/α,β-unsaturated/α-hetero) is 1. The molecule has 1 unspecified atom stereocenters. The molecule has 1 aliphatic rings. The van der Waals surface area contributed by atoms with E-state index in [1.807, 2.05) is 30.3 Å². The van der Waals surface area contributed by atoms with Crippen LogP contribution in [0.4, 0.5) is 0 Å². The van der Waals surface area contributed by atoms with Gasteiger partial charge in [-0.25, -0.2) is 0 Å². The Kier molecular flexibility index (Phi) is 5.00. The number of benzene rings is 2. The number of thioether (sulfide) groups is 1. The van der Waals surface area contributed by atoms with Crippen LogP contribution < -0.4 is 0 Å². The van der Waals surface area contributed by atoms with Crippen LogP contribution in [0.5, 0.6) is 0 Å². The largest absolute Gasteiger partial charge is 0.511 e. The first kappa shape index (κ1) is 16.4. The molecule has 0 aliphatic heterocycles. The predicted octanol–water partition coefficient (Wildman–Crippen LogP) is 6.00. The molecule has 0 saturated heterocycles. The summed E-state index contributed by atoms with van der Waals surface area (Å²) in [6, 6.07) is 15.0. The van der Waals surface area contributed by atoms with Crippen LogP contribution in [0.15, 0.2) is 64.1 Å². The van der Waals surface area contributed by atoms with Crippen LogP contribution in [0.3, 0.4) is 0 Å². The number of aliphatic hydroxyl groups is 1. The fraction of sp³-hybridized carbons (Fsp3) is 0.167. The summed E-state index contributed by atoms with van der Waals surface area (Å²) in [4.78, 5) is 13.6. The number of ketones is 1. The van der Waals surface area contributed by atoms with Gasteiger partial charge in [-0.2, -0.15) is 0 Å². The Labute approximate surface area is 149 Å². The maximum Gasteiger partial charge on any atom is 0.173 e. The third-order valence-electron chi connectivity index (χ3n) is 3.77. The molecule has 0 radical (unpaired) electrons. The Morgan fingerprint density at radius 2 is 1.74 bits per heavy atom. The molecular weight excluding hydrogens is 351 g/mol. The molecule has 0 aromatic heterocycles. The first-order valence-corrected chi connectivity index (χ1v) is 8.75. The lowest BCUT2D eigenvalue weighted by atomic mass is 9.86. The van der Waals surface area contributed by atoms with Crippen molar-refractivity contribution in [3.05, 3.63) is 74.8 Å². The summed E-state index contributed by atoms with van der Waals surface area (Å²) in [7, 11) is 0. The number of aliphatic hydroxyl groups excluding tert-OH is 1. The minimum atomic E-state index is -0.0429. The third kappa shape index (κ3) is 3.74. The van der Waals surface area contributed by atoms with Gasteiger partial charge in [-0.15, -0.1) is 0 Å². The van der Waals surface area contributed by atoms with Crippen LogP contribution in [0.25, 0.3) is 0 Å². The minimum Gasteiger partial charge on any atom is -0.511 e. The molecule has 118 valence electrons. The van der Waals surface area contributed by atoms with E-state index in [-0.39, 0.29) is 17.5 Å². The summed E-state index contributed by atoms with van der Waals surface area (Å²) in [5, 5.41) is 11.2. The average Bonchev–Trinajstić information content (AvgIpc) is 2.55. The molecule has 23 heavy (non-hydrogen) atoms. The number of allylic oxidation sites excluding steroid dienone is 2. The standard InChI is InChI=1S/C18H14Cl2O2S/c19-14-7-6-13(10-15(14)20)23-18-16(21)8-12(9-17(18)22)11-4-2-1-3-5-11/h1-7,10,12,21H,8-9H2. The second kappa shape index (κ2) is 7.00. The van der Waals surface area contributed by atoms with Crippen LogP contribution in [0, 0.1) is 0 Å². The Bertz CT molecular complexity index is 772. The first-order chi connectivity index (χ1) is 11.0. The molecule has 0 amide bonds. The zero-order valence-corrected chi connectivity index (χ0v) is 14.5. The third-order valence-corrected chi connectivity index (χ3v) is 5.66. The van der Waals surface area contributed by atoms with Gasteiger partial charge in [0.15, 0.2) is 5.78 Å². The molecule has 1 atom stereocenters. The van der Waals surface area contributed by atoms with Crippen LogP contribution >= 0.6 is 35.0 Å². The summed E-state index contributed by atoms with van der Waals surface area (Å²) in [5.74, 6) is 0.131. The number of carbonyl (C=O) groups is 1. The second-order valence-corrected chi connectivity index (χ2v) is 7.29. The van der Waals surface area contributed by atoms with Gasteiger partial charge in [0, 0.05) is 17.7 Å². The highest BCUT2D eigenvalue weighted by molar-refractivity contribution is 8.04. The van der Waals surface area contributed by atoms with Crippen LogP contribution in [-0.4, -0.2) is 10.9 Å². The van der Waals surface area contributed by atoms with E-state index in [2.05, 4.69) is 0 Å². The molecule has 0 fully saturated rings. The summed E-state index contributed by atoms with van der Waals surface area (Å²) >= 11 is 13.1. The van der Waals surface area contributed by atoms with Gasteiger partial charge in [-0.3, -0.25) is 4.79 Å². The number of hydrogen-bond donors (Lipinski definition) is 1. The predicted molar refractivity (Wildman–Crippen MR) is 95.4 cm³/mol. The molecular formula is C18H14Cl2O2S. The molecule has 0 saturated carbocycles. The monoisotopic (exact) mass is 364 g/mol. The zero-order valence-electron chi connectivity index (χ0n) is 12.1. The normalized spacial score (nSPS) is 18.3. The topological polar surface area (TPSA) is 37.3 Å². The van der Waals surface area contributed by atoms with E-state index in [9.17, 15) is 9.90 Å². The van der Waals surface area contributed by atoms with Crippen molar-refractivity contribution in [2.75, 3.05) is 0 Å². The van der Waals surface area contributed by atoms with Crippen LogP contribution in [0.1, 0.15) is 24.3 Å². The highest BCUT2D eigenvalue weighted by Crippen LogP contribution is 2.41. The first-order valence-electron chi connectivity index (χ1n) is 7.17. The number of rotatable bonds is 3. The number of hydrogen-bond acceptors (Lipinski definition) is 3. The second-order valence-electron chi connectivity index (χ2n) is 5.39. The lowest BCUT2D eigenvalue weighted by Crippen LogP contribution is -2.17. The summed E-state index contributed by atoms with van der Waals surface area (Å²) < 4.78 is 0. The van der Waals surface area contributed by atoms with Crippen molar-refractivity contribution >= 4 is 40.7 Å². The van der Waals surface area contributed by atoms with Crippen molar-refractivity contribution in [2.24, 2.45) is 0 Å². The van der Waals surface area contributed by atoms with Crippen molar-refractivity contribution in [3.63, 3.8) is 0 Å². The number of carbonyl (C=O) groups excluding carboxylic acids is 1. The van der Waals surface area contributed by atoms with E-state index in [0.717, 1.165) is 10.5 Å². The molecule has 3 rings (SSSR count). The smallest absolute Gasteiger partial charge is 0.173 e. The maximum absolute atomic E-state index is 12.4. The van der Waals surface area contributed by atoms with Gasteiger partial charge in [-0.1, -0.05) is 65.3 Å². The average molecular weight is 365 g/mol. The Morgan fingerprint density at radius 1 is 1.00 bits per heavy atom. The van der Waals surface area contributed by atoms with E-state index < -0.39 is 0 Å². The lowest BCUT2D eigenvalue weighted by molar-refractivity contribution is -0.115. The Balaban J connectivity index is 1.82. The van der Waals surface area contributed by atoms with Gasteiger partial charge in [0.05, 0.1) is 15.0 Å². The number of halogens is 2. The molecule has 0 spiro atoms. The quantitative estimate of drug-likeness (QED) is 0.725. The van der Waals surface area contributed by atoms with Gasteiger partial charge in [0.2, 0.25) is 0 Å². The van der Waals surface area contributed by atoms with Crippen molar-refractivity contribution < 1.29 is 9.90 Å².